The summed E-state index contributed by atoms with van der Waals surface area (Å²) < 4.78 is 19.8. The van der Waals surface area contributed by atoms with Gasteiger partial charge in [0.2, 0.25) is 0 Å². The lowest BCUT2D eigenvalue weighted by Gasteiger charge is -1.94. The lowest BCUT2D eigenvalue weighted by atomic mass is 10.4. The Bertz CT molecular complexity index is 423. The summed E-state index contributed by atoms with van der Waals surface area (Å²) in [5.74, 6) is 0. The van der Waals surface area contributed by atoms with Crippen molar-refractivity contribution in [1.29, 1.82) is 0 Å². The first-order chi connectivity index (χ1) is 12.2. The van der Waals surface area contributed by atoms with Crippen LogP contribution in [0.5, 0.6) is 0 Å². The smallest absolute Gasteiger partial charge is 0.178 e. The zero-order chi connectivity index (χ0) is 19.2. The van der Waals surface area contributed by atoms with Crippen LogP contribution in [0.25, 0.3) is 0 Å². The van der Waals surface area contributed by atoms with Gasteiger partial charge in [0.05, 0.1) is 0 Å². The molecule has 0 bridgehead atoms. The van der Waals surface area contributed by atoms with Crippen molar-refractivity contribution in [1.82, 2.24) is 0 Å². The van der Waals surface area contributed by atoms with E-state index in [0.29, 0.717) is 0 Å². The van der Waals surface area contributed by atoms with Gasteiger partial charge in [0.15, 0.2) is 19.5 Å². The minimum Gasteiger partial charge on any atom is -0.471 e. The fourth-order valence-corrected chi connectivity index (χ4v) is 5.08. The van der Waals surface area contributed by atoms with Gasteiger partial charge in [0, 0.05) is 0 Å². The zero-order valence-corrected chi connectivity index (χ0v) is 30.8. The predicted molar refractivity (Wildman–Crippen MR) is 138 cm³/mol. The van der Waals surface area contributed by atoms with Gasteiger partial charge in [-0.25, -0.2) is 0 Å². The number of hydrogen-bond acceptors (Lipinski definition) is 4. The molecule has 0 radical (unpaired) electrons. The summed E-state index contributed by atoms with van der Waals surface area (Å²) in [5, 5.41) is 2.79. The van der Waals surface area contributed by atoms with Crippen molar-refractivity contribution in [3.05, 3.63) is 60.7 Å². The predicted octanol–water partition coefficient (Wildman–Crippen LogP) is -6.64. The number of benzene rings is 2. The first-order valence-electron chi connectivity index (χ1n) is 8.14. The van der Waals surface area contributed by atoms with Gasteiger partial charge < -0.3 is 16.5 Å². The van der Waals surface area contributed by atoms with Crippen LogP contribution in [0.2, 0.25) is 6.55 Å². The molecule has 2 aromatic carbocycles. The molecule has 0 aromatic heterocycles. The van der Waals surface area contributed by atoms with E-state index in [2.05, 4.69) is 59.2 Å². The molecule has 0 aliphatic heterocycles. The molecule has 0 N–H and O–H groups in total. The molecule has 12 heteroatoms. The van der Waals surface area contributed by atoms with Crippen molar-refractivity contribution in [2.24, 2.45) is 0 Å². The Morgan fingerprint density at radius 1 is 0.600 bits per heavy atom. The second kappa shape index (κ2) is 24.0. The summed E-state index contributed by atoms with van der Waals surface area (Å²) in [6, 6.07) is 20.8. The Morgan fingerprint density at radius 3 is 1.08 bits per heavy atom. The van der Waals surface area contributed by atoms with Gasteiger partial charge in [-0.2, -0.15) is 0 Å². The minimum atomic E-state index is -0.339. The third kappa shape index (κ3) is 22.0. The molecule has 142 valence electrons. The highest BCUT2D eigenvalue weighted by atomic mass is 28.3. The Kier molecular flexibility index (Phi) is 26.2. The van der Waals surface area contributed by atoms with E-state index >= 15 is 0 Å². The largest absolute Gasteiger partial charge is 0.471 e. The second-order valence-electron chi connectivity index (χ2n) is 4.82. The molecule has 0 spiro atoms. The second-order valence-corrected chi connectivity index (χ2v) is 17.8. The molecule has 0 aliphatic carbocycles. The van der Waals surface area contributed by atoms with Crippen molar-refractivity contribution in [3.8, 4) is 0 Å². The normalized spacial score (nSPS) is 10.8. The van der Waals surface area contributed by atoms with Crippen LogP contribution in [-0.4, -0.2) is 81.7 Å². The van der Waals surface area contributed by atoms with Gasteiger partial charge in [0.1, 0.15) is 62.2 Å². The van der Waals surface area contributed by atoms with Gasteiger partial charge in [0.25, 0.3) is 0 Å². The summed E-state index contributed by atoms with van der Waals surface area (Å²) in [4.78, 5) is 0. The van der Waals surface area contributed by atoms with Crippen LogP contribution < -0.4 is 10.4 Å². The van der Waals surface area contributed by atoms with Crippen LogP contribution in [0.15, 0.2) is 60.7 Å². The average molecular weight is 479 g/mol. The van der Waals surface area contributed by atoms with Crippen LogP contribution in [0.4, 0.5) is 0 Å². The third-order valence-electron chi connectivity index (χ3n) is 2.60. The van der Waals surface area contributed by atoms with E-state index in [0.717, 1.165) is 52.4 Å². The van der Waals surface area contributed by atoms with E-state index in [-0.39, 0.29) is 29.3 Å². The molecular weight excluding hydrogens is 445 g/mol. The molecule has 2 rings (SSSR count). The SMILES string of the molecule is C[SiH2]O[SiH3].[SiH3]O[SiH2]c1ccccc1.[SiH3]O[SiH2]c1ccccc1.[SiH3]O[SiH3]. The molecule has 0 fully saturated rings. The van der Waals surface area contributed by atoms with Crippen LogP contribution in [-0.2, 0) is 16.5 Å². The van der Waals surface area contributed by atoms with Gasteiger partial charge in [-0.05, 0) is 10.4 Å². The van der Waals surface area contributed by atoms with Crippen LogP contribution in [0.3, 0.4) is 0 Å². The monoisotopic (exact) mass is 478 g/mol. The number of rotatable bonds is 5. The zero-order valence-electron chi connectivity index (χ0n) is 16.5. The van der Waals surface area contributed by atoms with Gasteiger partial charge >= 0.3 is 0 Å². The van der Waals surface area contributed by atoms with Crippen molar-refractivity contribution in [3.63, 3.8) is 0 Å². The fraction of sp³-hybridized carbons (Fsp3) is 0.0769. The van der Waals surface area contributed by atoms with E-state index in [9.17, 15) is 0 Å². The summed E-state index contributed by atoms with van der Waals surface area (Å²) in [5.41, 5.74) is 0. The Morgan fingerprint density at radius 2 is 0.880 bits per heavy atom. The van der Waals surface area contributed by atoms with E-state index in [1.54, 1.807) is 0 Å². The molecule has 0 saturated heterocycles. The number of hydrogen-bond donors (Lipinski definition) is 0. The molecule has 0 aliphatic rings. The highest BCUT2D eigenvalue weighted by Gasteiger charge is 1.86. The van der Waals surface area contributed by atoms with Crippen LogP contribution in [0.1, 0.15) is 0 Å². The first kappa shape index (κ1) is 27.2. The maximum absolute atomic E-state index is 5.21. The van der Waals surface area contributed by atoms with E-state index < -0.39 is 0 Å². The van der Waals surface area contributed by atoms with Gasteiger partial charge in [-0.1, -0.05) is 67.2 Å². The molecule has 0 atom stereocenters. The summed E-state index contributed by atoms with van der Waals surface area (Å²) in [6.45, 7) is 2.13. The van der Waals surface area contributed by atoms with Crippen molar-refractivity contribution in [2.75, 3.05) is 0 Å². The maximum Gasteiger partial charge on any atom is 0.178 e. The maximum atomic E-state index is 5.21. The highest BCUT2D eigenvalue weighted by Crippen LogP contribution is 1.80. The van der Waals surface area contributed by atoms with Gasteiger partial charge in [-0.3, -0.25) is 0 Å². The van der Waals surface area contributed by atoms with Gasteiger partial charge in [-0.15, -0.1) is 0 Å². The fourth-order valence-electron chi connectivity index (χ4n) is 1.48. The van der Waals surface area contributed by atoms with Crippen molar-refractivity contribution < 1.29 is 16.5 Å². The molecular formula is C13H34O4Si8. The molecule has 0 amide bonds. The Labute approximate surface area is 175 Å². The lowest BCUT2D eigenvalue weighted by molar-refractivity contribution is 0.671. The Hall–Kier alpha value is 0.0151. The van der Waals surface area contributed by atoms with Crippen LogP contribution >= 0.6 is 0 Å². The Balaban J connectivity index is 0. The summed E-state index contributed by atoms with van der Waals surface area (Å²) in [7, 11) is 3.89. The lowest BCUT2D eigenvalue weighted by Crippen LogP contribution is -2.14. The molecule has 0 unspecified atom stereocenters. The minimum absolute atomic E-state index is 0.0139. The summed E-state index contributed by atoms with van der Waals surface area (Å²) >= 11 is 0. The van der Waals surface area contributed by atoms with Crippen LogP contribution in [0, 0.1) is 0 Å². The molecule has 2 aromatic rings. The van der Waals surface area contributed by atoms with Crippen molar-refractivity contribution in [2.45, 2.75) is 6.55 Å². The third-order valence-corrected chi connectivity index (χ3v) is 8.82. The molecule has 0 heterocycles. The van der Waals surface area contributed by atoms with E-state index in [1.165, 1.54) is 10.4 Å². The summed E-state index contributed by atoms with van der Waals surface area (Å²) in [6.07, 6.45) is 0. The first-order valence-corrected chi connectivity index (χ1v) is 16.8. The molecule has 4 nitrogen and oxygen atoms in total. The van der Waals surface area contributed by atoms with E-state index in [4.69, 9.17) is 12.3 Å². The van der Waals surface area contributed by atoms with E-state index in [1.807, 2.05) is 12.1 Å². The standard InChI is InChI=1S/2C6H10OSi2.CH8OSi2.H6OSi2/c2*8-7-9-6-4-2-1-3-5-6;1-4-2-3;2-1-3/h2*1-5H,9H2,8H3;4H2,1,3H3;2-3H3. The topological polar surface area (TPSA) is 36.9 Å². The molecule has 25 heavy (non-hydrogen) atoms. The quantitative estimate of drug-likeness (QED) is 0.400. The van der Waals surface area contributed by atoms with Crippen molar-refractivity contribution >= 4 is 92.1 Å². The average Bonchev–Trinajstić information content (AvgIpc) is 2.65. The molecule has 0 saturated carbocycles. The highest BCUT2D eigenvalue weighted by molar-refractivity contribution is 6.51.